The number of carbonyl (C=O) groups excluding carboxylic acids is 2. The van der Waals surface area contributed by atoms with Gasteiger partial charge in [-0.05, 0) is 30.9 Å². The van der Waals surface area contributed by atoms with Crippen LogP contribution < -0.4 is 0 Å². The first-order chi connectivity index (χ1) is 13.0. The van der Waals surface area contributed by atoms with Gasteiger partial charge in [-0.25, -0.2) is 4.18 Å². The summed E-state index contributed by atoms with van der Waals surface area (Å²) < 4.78 is 37.3. The first-order valence-electron chi connectivity index (χ1n) is 8.81. The summed E-state index contributed by atoms with van der Waals surface area (Å²) in [6, 6.07) is 6.19. The van der Waals surface area contributed by atoms with Crippen molar-refractivity contribution in [2.45, 2.75) is 52.4 Å². The Morgan fingerprint density at radius 3 is 1.82 bits per heavy atom. The van der Waals surface area contributed by atoms with Crippen LogP contribution in [0, 0.1) is 18.8 Å². The van der Waals surface area contributed by atoms with Crippen molar-refractivity contribution in [3.05, 3.63) is 29.8 Å². The molecule has 0 aliphatic carbocycles. The van der Waals surface area contributed by atoms with E-state index in [1.165, 1.54) is 12.1 Å². The van der Waals surface area contributed by atoms with Gasteiger partial charge in [0.15, 0.2) is 6.07 Å². The van der Waals surface area contributed by atoms with Gasteiger partial charge in [-0.15, -0.1) is 0 Å². The largest absolute Gasteiger partial charge is 0.449 e. The van der Waals surface area contributed by atoms with Gasteiger partial charge in [0.05, 0.1) is 4.90 Å². The third-order valence-electron chi connectivity index (χ3n) is 3.10. The number of alkyl halides is 1. The molecular weight excluding hydrogens is 408 g/mol. The molecule has 0 bridgehead atoms. The highest BCUT2D eigenvalue weighted by Crippen LogP contribution is 2.13. The molecule has 7 nitrogen and oxygen atoms in total. The Morgan fingerprint density at radius 1 is 0.929 bits per heavy atom. The van der Waals surface area contributed by atoms with Crippen LogP contribution >= 0.6 is 11.6 Å². The van der Waals surface area contributed by atoms with Crippen molar-refractivity contribution < 1.29 is 31.7 Å². The Bertz CT molecular complexity index is 697. The average Bonchev–Trinajstić information content (AvgIpc) is 2.54. The molecule has 28 heavy (non-hydrogen) atoms. The summed E-state index contributed by atoms with van der Waals surface area (Å²) in [6.07, 6.45) is 0.681. The SMILES string of the molecule is CC(C)CC(=O)OCCl.Cc1ccc(S(=O)(=O)OCOC(=O)CC(C)C)cc1. The fourth-order valence-corrected chi connectivity index (χ4v) is 2.67. The molecule has 0 heterocycles. The first-order valence-corrected chi connectivity index (χ1v) is 10.8. The molecule has 0 fully saturated rings. The molecular formula is C19H29ClO7S. The molecule has 0 aliphatic rings. The molecule has 0 aliphatic heterocycles. The fourth-order valence-electron chi connectivity index (χ4n) is 1.77. The Balaban J connectivity index is 0.000000684. The van der Waals surface area contributed by atoms with Crippen LogP contribution in [-0.2, 0) is 33.4 Å². The smallest absolute Gasteiger partial charge is 0.308 e. The minimum absolute atomic E-state index is 0.0362. The van der Waals surface area contributed by atoms with E-state index in [4.69, 9.17) is 16.3 Å². The Morgan fingerprint density at radius 2 is 1.39 bits per heavy atom. The van der Waals surface area contributed by atoms with E-state index in [2.05, 4.69) is 8.92 Å². The summed E-state index contributed by atoms with van der Waals surface area (Å²) in [5, 5.41) is 0. The van der Waals surface area contributed by atoms with Gasteiger partial charge in [-0.1, -0.05) is 57.0 Å². The lowest BCUT2D eigenvalue weighted by atomic mass is 10.1. The zero-order valence-electron chi connectivity index (χ0n) is 16.9. The lowest BCUT2D eigenvalue weighted by Crippen LogP contribution is -2.14. The first kappa shape index (κ1) is 26.4. The van der Waals surface area contributed by atoms with Gasteiger partial charge in [0, 0.05) is 12.8 Å². The second kappa shape index (κ2) is 13.5. The monoisotopic (exact) mass is 436 g/mol. The predicted octanol–water partition coefficient (Wildman–Crippen LogP) is 4.02. The van der Waals surface area contributed by atoms with E-state index in [9.17, 15) is 18.0 Å². The molecule has 0 saturated heterocycles. The number of halogens is 1. The normalized spacial score (nSPS) is 11.0. The lowest BCUT2D eigenvalue weighted by molar-refractivity contribution is -0.150. The molecule has 0 unspecified atom stereocenters. The van der Waals surface area contributed by atoms with Crippen LogP contribution in [-0.4, -0.2) is 33.2 Å². The van der Waals surface area contributed by atoms with E-state index in [-0.39, 0.29) is 29.3 Å². The van der Waals surface area contributed by atoms with E-state index in [0.29, 0.717) is 12.3 Å². The quantitative estimate of drug-likeness (QED) is 0.249. The number of benzene rings is 1. The topological polar surface area (TPSA) is 96.0 Å². The van der Waals surface area contributed by atoms with Gasteiger partial charge in [0.2, 0.25) is 6.79 Å². The van der Waals surface area contributed by atoms with Crippen LogP contribution in [0.15, 0.2) is 29.2 Å². The maximum atomic E-state index is 11.7. The van der Waals surface area contributed by atoms with Gasteiger partial charge in [0.25, 0.3) is 10.1 Å². The van der Waals surface area contributed by atoms with Crippen molar-refractivity contribution in [1.29, 1.82) is 0 Å². The van der Waals surface area contributed by atoms with Crippen molar-refractivity contribution in [2.24, 2.45) is 11.8 Å². The van der Waals surface area contributed by atoms with Gasteiger partial charge >= 0.3 is 11.9 Å². The molecule has 0 radical (unpaired) electrons. The summed E-state index contributed by atoms with van der Waals surface area (Å²) in [7, 11) is -3.88. The van der Waals surface area contributed by atoms with E-state index in [1.807, 2.05) is 34.6 Å². The standard InChI is InChI=1S/C13H18O5S.C6H11ClO2/c1-10(2)8-13(14)17-9-18-19(15,16)12-6-4-11(3)5-7-12;1-5(2)3-6(8)9-4-7/h4-7,10H,8-9H2,1-3H3;5H,3-4H2,1-2H3. The van der Waals surface area contributed by atoms with Crippen LogP contribution in [0.4, 0.5) is 0 Å². The van der Waals surface area contributed by atoms with Crippen molar-refractivity contribution in [1.82, 2.24) is 0 Å². The number of hydrogen-bond donors (Lipinski definition) is 0. The van der Waals surface area contributed by atoms with Gasteiger partial charge in [0.1, 0.15) is 0 Å². The number of hydrogen-bond acceptors (Lipinski definition) is 7. The molecule has 0 spiro atoms. The number of ether oxygens (including phenoxy) is 2. The van der Waals surface area contributed by atoms with Crippen molar-refractivity contribution >= 4 is 33.7 Å². The summed E-state index contributed by atoms with van der Waals surface area (Å²) in [5.74, 6) is -0.198. The van der Waals surface area contributed by atoms with Gasteiger partial charge in [-0.2, -0.15) is 8.42 Å². The molecule has 9 heteroatoms. The van der Waals surface area contributed by atoms with Crippen LogP contribution in [0.2, 0.25) is 0 Å². The lowest BCUT2D eigenvalue weighted by Gasteiger charge is -2.08. The molecule has 1 aromatic rings. The molecule has 0 aromatic heterocycles. The third kappa shape index (κ3) is 12.7. The highest BCUT2D eigenvalue weighted by molar-refractivity contribution is 7.86. The summed E-state index contributed by atoms with van der Waals surface area (Å²) >= 11 is 5.14. The second-order valence-electron chi connectivity index (χ2n) is 6.84. The molecule has 0 N–H and O–H groups in total. The van der Waals surface area contributed by atoms with E-state index < -0.39 is 22.9 Å². The summed E-state index contributed by atoms with van der Waals surface area (Å²) in [6.45, 7) is 8.90. The minimum atomic E-state index is -3.88. The molecule has 0 saturated carbocycles. The molecule has 0 amide bonds. The highest BCUT2D eigenvalue weighted by Gasteiger charge is 2.16. The van der Waals surface area contributed by atoms with Crippen molar-refractivity contribution in [2.75, 3.05) is 12.9 Å². The van der Waals surface area contributed by atoms with Crippen molar-refractivity contribution in [3.63, 3.8) is 0 Å². The Hall–Kier alpha value is -1.64. The van der Waals surface area contributed by atoms with Gasteiger partial charge in [-0.3, -0.25) is 9.59 Å². The minimum Gasteiger partial charge on any atom is -0.449 e. The zero-order valence-corrected chi connectivity index (χ0v) is 18.5. The number of aryl methyl sites for hydroxylation is 1. The van der Waals surface area contributed by atoms with Crippen LogP contribution in [0.5, 0.6) is 0 Å². The maximum absolute atomic E-state index is 11.7. The number of esters is 2. The Labute approximate surface area is 172 Å². The van der Waals surface area contributed by atoms with Crippen LogP contribution in [0.3, 0.4) is 0 Å². The zero-order chi connectivity index (χ0) is 21.7. The maximum Gasteiger partial charge on any atom is 0.308 e. The van der Waals surface area contributed by atoms with Crippen molar-refractivity contribution in [3.8, 4) is 0 Å². The van der Waals surface area contributed by atoms with E-state index in [1.54, 1.807) is 12.1 Å². The van der Waals surface area contributed by atoms with Gasteiger partial charge < -0.3 is 9.47 Å². The predicted molar refractivity (Wildman–Crippen MR) is 106 cm³/mol. The summed E-state index contributed by atoms with van der Waals surface area (Å²) in [4.78, 5) is 21.8. The van der Waals surface area contributed by atoms with E-state index in [0.717, 1.165) is 5.56 Å². The number of carbonyl (C=O) groups is 2. The number of rotatable bonds is 9. The third-order valence-corrected chi connectivity index (χ3v) is 4.46. The fraction of sp³-hybridized carbons (Fsp3) is 0.579. The second-order valence-corrected chi connectivity index (χ2v) is 8.67. The summed E-state index contributed by atoms with van der Waals surface area (Å²) in [5.41, 5.74) is 0.947. The average molecular weight is 437 g/mol. The molecule has 0 atom stereocenters. The molecule has 160 valence electrons. The highest BCUT2D eigenvalue weighted by atomic mass is 35.5. The molecule has 1 rings (SSSR count). The van der Waals surface area contributed by atoms with E-state index >= 15 is 0 Å². The Kier molecular flexibility index (Phi) is 12.7. The molecule has 1 aromatic carbocycles. The van der Waals surface area contributed by atoms with Crippen LogP contribution in [0.25, 0.3) is 0 Å². The van der Waals surface area contributed by atoms with Crippen LogP contribution in [0.1, 0.15) is 46.1 Å².